The quantitative estimate of drug-likeness (QED) is 0.734. The van der Waals surface area contributed by atoms with E-state index in [9.17, 15) is 9.59 Å². The van der Waals surface area contributed by atoms with Crippen molar-refractivity contribution in [1.82, 2.24) is 5.32 Å². The minimum Gasteiger partial charge on any atom is -0.480 e. The van der Waals surface area contributed by atoms with Crippen molar-refractivity contribution in [2.75, 3.05) is 6.61 Å². The molecule has 1 heterocycles. The molecular formula is C12H21NO4. The minimum atomic E-state index is -0.981. The molecule has 5 heteroatoms. The van der Waals surface area contributed by atoms with Crippen molar-refractivity contribution in [3.63, 3.8) is 0 Å². The Morgan fingerprint density at radius 2 is 2.18 bits per heavy atom. The van der Waals surface area contributed by atoms with Crippen molar-refractivity contribution in [2.24, 2.45) is 5.92 Å². The summed E-state index contributed by atoms with van der Waals surface area (Å²) in [6.45, 7) is 4.33. The number of carbonyl (C=O) groups excluding carboxylic acids is 1. The largest absolute Gasteiger partial charge is 0.480 e. The monoisotopic (exact) mass is 243 g/mol. The van der Waals surface area contributed by atoms with E-state index in [0.717, 1.165) is 19.4 Å². The van der Waals surface area contributed by atoms with Crippen LogP contribution in [-0.4, -0.2) is 35.7 Å². The van der Waals surface area contributed by atoms with Crippen LogP contribution in [0.5, 0.6) is 0 Å². The fraction of sp³-hybridized carbons (Fsp3) is 0.833. The SMILES string of the molecule is CC(C)[C@H](NC(=O)CC[C@@H]1CCCO1)C(=O)O. The molecule has 0 aliphatic carbocycles. The summed E-state index contributed by atoms with van der Waals surface area (Å²) in [6, 6.07) is -0.799. The van der Waals surface area contributed by atoms with E-state index in [-0.39, 0.29) is 17.9 Å². The molecule has 0 spiro atoms. The molecular weight excluding hydrogens is 222 g/mol. The Kier molecular flexibility index (Phi) is 5.41. The Morgan fingerprint density at radius 1 is 1.47 bits per heavy atom. The fourth-order valence-electron chi connectivity index (χ4n) is 1.92. The van der Waals surface area contributed by atoms with E-state index in [0.29, 0.717) is 12.8 Å². The van der Waals surface area contributed by atoms with Crippen LogP contribution in [0.15, 0.2) is 0 Å². The normalized spacial score (nSPS) is 21.5. The maximum atomic E-state index is 11.6. The third kappa shape index (κ3) is 4.73. The topological polar surface area (TPSA) is 75.6 Å². The van der Waals surface area contributed by atoms with Gasteiger partial charge in [0, 0.05) is 13.0 Å². The lowest BCUT2D eigenvalue weighted by Crippen LogP contribution is -2.44. The number of carbonyl (C=O) groups is 2. The lowest BCUT2D eigenvalue weighted by molar-refractivity contribution is -0.143. The van der Waals surface area contributed by atoms with Crippen LogP contribution in [0, 0.1) is 5.92 Å². The molecule has 2 N–H and O–H groups in total. The van der Waals surface area contributed by atoms with Crippen LogP contribution in [0.4, 0.5) is 0 Å². The second kappa shape index (κ2) is 6.59. The van der Waals surface area contributed by atoms with E-state index in [1.54, 1.807) is 13.8 Å². The van der Waals surface area contributed by atoms with Crippen LogP contribution in [0.25, 0.3) is 0 Å². The van der Waals surface area contributed by atoms with Gasteiger partial charge in [-0.1, -0.05) is 13.8 Å². The molecule has 0 aromatic heterocycles. The lowest BCUT2D eigenvalue weighted by atomic mass is 10.0. The van der Waals surface area contributed by atoms with Crippen LogP contribution in [0.2, 0.25) is 0 Å². The van der Waals surface area contributed by atoms with E-state index in [1.807, 2.05) is 0 Å². The second-order valence-corrected chi connectivity index (χ2v) is 4.80. The highest BCUT2D eigenvalue weighted by Crippen LogP contribution is 2.16. The molecule has 1 fully saturated rings. The number of ether oxygens (including phenoxy) is 1. The van der Waals surface area contributed by atoms with E-state index < -0.39 is 12.0 Å². The Bertz CT molecular complexity index is 272. The van der Waals surface area contributed by atoms with Gasteiger partial charge >= 0.3 is 5.97 Å². The second-order valence-electron chi connectivity index (χ2n) is 4.80. The van der Waals surface area contributed by atoms with E-state index >= 15 is 0 Å². The van der Waals surface area contributed by atoms with Gasteiger partial charge in [0.05, 0.1) is 6.10 Å². The Hall–Kier alpha value is -1.10. The molecule has 2 atom stereocenters. The van der Waals surface area contributed by atoms with Gasteiger partial charge in [0.1, 0.15) is 6.04 Å². The van der Waals surface area contributed by atoms with Crippen LogP contribution in [0.1, 0.15) is 39.5 Å². The van der Waals surface area contributed by atoms with Gasteiger partial charge in [-0.2, -0.15) is 0 Å². The Morgan fingerprint density at radius 3 is 2.65 bits per heavy atom. The number of hydrogen-bond donors (Lipinski definition) is 2. The third-order valence-electron chi connectivity index (χ3n) is 2.97. The average molecular weight is 243 g/mol. The van der Waals surface area contributed by atoms with Crippen LogP contribution in [0.3, 0.4) is 0 Å². The summed E-state index contributed by atoms with van der Waals surface area (Å²) in [6.07, 6.45) is 3.23. The van der Waals surface area contributed by atoms with Gasteiger partial charge in [0.15, 0.2) is 0 Å². The zero-order valence-electron chi connectivity index (χ0n) is 10.4. The van der Waals surface area contributed by atoms with Crippen LogP contribution >= 0.6 is 0 Å². The molecule has 0 unspecified atom stereocenters. The predicted molar refractivity (Wildman–Crippen MR) is 62.6 cm³/mol. The maximum absolute atomic E-state index is 11.6. The maximum Gasteiger partial charge on any atom is 0.326 e. The summed E-state index contributed by atoms with van der Waals surface area (Å²) in [5.74, 6) is -1.30. The summed E-state index contributed by atoms with van der Waals surface area (Å²) in [7, 11) is 0. The van der Waals surface area contributed by atoms with Gasteiger partial charge in [-0.05, 0) is 25.2 Å². The fourth-order valence-corrected chi connectivity index (χ4v) is 1.92. The highest BCUT2D eigenvalue weighted by molar-refractivity contribution is 5.83. The van der Waals surface area contributed by atoms with Crippen LogP contribution < -0.4 is 5.32 Å². The molecule has 0 aromatic rings. The Labute approximate surface area is 102 Å². The molecule has 1 rings (SSSR count). The molecule has 98 valence electrons. The standard InChI is InChI=1S/C12H21NO4/c1-8(2)11(12(15)16)13-10(14)6-5-9-4-3-7-17-9/h8-9,11H,3-7H2,1-2H3,(H,13,14)(H,15,16)/t9-,11-/m0/s1. The lowest BCUT2D eigenvalue weighted by Gasteiger charge is -2.18. The number of rotatable bonds is 6. The van der Waals surface area contributed by atoms with Crippen molar-refractivity contribution < 1.29 is 19.4 Å². The number of hydrogen-bond acceptors (Lipinski definition) is 3. The van der Waals surface area contributed by atoms with Crippen molar-refractivity contribution >= 4 is 11.9 Å². The Balaban J connectivity index is 2.29. The summed E-state index contributed by atoms with van der Waals surface area (Å²) in [5.41, 5.74) is 0. The number of carboxylic acids is 1. The molecule has 0 aromatic carbocycles. The van der Waals surface area contributed by atoms with Gasteiger partial charge in [-0.15, -0.1) is 0 Å². The minimum absolute atomic E-state index is 0.112. The molecule has 1 aliphatic rings. The highest BCUT2D eigenvalue weighted by atomic mass is 16.5. The third-order valence-corrected chi connectivity index (χ3v) is 2.97. The summed E-state index contributed by atoms with van der Waals surface area (Å²) < 4.78 is 5.41. The van der Waals surface area contributed by atoms with Crippen molar-refractivity contribution in [1.29, 1.82) is 0 Å². The van der Waals surface area contributed by atoms with E-state index in [1.165, 1.54) is 0 Å². The van der Waals surface area contributed by atoms with Gasteiger partial charge in [0.2, 0.25) is 5.91 Å². The number of amides is 1. The molecule has 1 saturated heterocycles. The smallest absolute Gasteiger partial charge is 0.326 e. The van der Waals surface area contributed by atoms with Crippen molar-refractivity contribution in [2.45, 2.75) is 51.7 Å². The van der Waals surface area contributed by atoms with E-state index in [2.05, 4.69) is 5.32 Å². The number of aliphatic carboxylic acids is 1. The predicted octanol–water partition coefficient (Wildman–Crippen LogP) is 1.17. The molecule has 5 nitrogen and oxygen atoms in total. The van der Waals surface area contributed by atoms with Crippen molar-refractivity contribution in [3.8, 4) is 0 Å². The summed E-state index contributed by atoms with van der Waals surface area (Å²) in [4.78, 5) is 22.5. The molecule has 1 amide bonds. The summed E-state index contributed by atoms with van der Waals surface area (Å²) in [5, 5.41) is 11.5. The van der Waals surface area contributed by atoms with Crippen LogP contribution in [-0.2, 0) is 14.3 Å². The van der Waals surface area contributed by atoms with Gasteiger partial charge in [0.25, 0.3) is 0 Å². The number of carboxylic acid groups (broad SMARTS) is 1. The van der Waals surface area contributed by atoms with Gasteiger partial charge in [-0.3, -0.25) is 4.79 Å². The zero-order valence-corrected chi connectivity index (χ0v) is 10.4. The first kappa shape index (κ1) is 14.0. The number of nitrogens with one attached hydrogen (secondary N) is 1. The average Bonchev–Trinajstić information content (AvgIpc) is 2.74. The molecule has 17 heavy (non-hydrogen) atoms. The highest BCUT2D eigenvalue weighted by Gasteiger charge is 2.24. The van der Waals surface area contributed by atoms with E-state index in [4.69, 9.17) is 9.84 Å². The molecule has 0 radical (unpaired) electrons. The first-order valence-corrected chi connectivity index (χ1v) is 6.14. The summed E-state index contributed by atoms with van der Waals surface area (Å²) >= 11 is 0. The molecule has 0 bridgehead atoms. The molecule has 0 saturated carbocycles. The van der Waals surface area contributed by atoms with Gasteiger partial charge < -0.3 is 15.2 Å². The zero-order chi connectivity index (χ0) is 12.8. The molecule has 1 aliphatic heterocycles. The first-order chi connectivity index (χ1) is 8.00. The van der Waals surface area contributed by atoms with Crippen molar-refractivity contribution in [3.05, 3.63) is 0 Å². The first-order valence-electron chi connectivity index (χ1n) is 6.14. The van der Waals surface area contributed by atoms with Gasteiger partial charge in [-0.25, -0.2) is 4.79 Å².